The lowest BCUT2D eigenvalue weighted by Crippen LogP contribution is -1.96. The molecule has 1 N–H and O–H groups in total. The van der Waals surface area contributed by atoms with E-state index < -0.39 is 0 Å². The van der Waals surface area contributed by atoms with Crippen LogP contribution in [0.25, 0.3) is 10.2 Å². The highest BCUT2D eigenvalue weighted by molar-refractivity contribution is 7.99. The molecule has 0 radical (unpaired) electrons. The summed E-state index contributed by atoms with van der Waals surface area (Å²) in [7, 11) is 1.81. The van der Waals surface area contributed by atoms with Gasteiger partial charge in [0.05, 0.1) is 5.69 Å². The SMILES string of the molecule is CNc1nc(Sc2nc(C)c(C)o2)c2cc(C)sc2n1. The third-order valence-corrected chi connectivity index (χ3v) is 4.70. The first-order valence-corrected chi connectivity index (χ1v) is 7.78. The number of nitrogens with one attached hydrogen (secondary N) is 1. The van der Waals surface area contributed by atoms with E-state index in [-0.39, 0.29) is 0 Å². The van der Waals surface area contributed by atoms with Gasteiger partial charge in [-0.25, -0.2) is 15.0 Å². The molecule has 0 saturated carbocycles. The fraction of sp³-hybridized carbons (Fsp3) is 0.308. The van der Waals surface area contributed by atoms with Crippen molar-refractivity contribution in [3.63, 3.8) is 0 Å². The van der Waals surface area contributed by atoms with Crippen LogP contribution in [0.1, 0.15) is 16.3 Å². The molecule has 0 unspecified atom stereocenters. The van der Waals surface area contributed by atoms with Gasteiger partial charge in [0, 0.05) is 17.3 Å². The first kappa shape index (κ1) is 13.4. The molecule has 0 aliphatic heterocycles. The minimum absolute atomic E-state index is 0.613. The lowest BCUT2D eigenvalue weighted by Gasteiger charge is -2.02. The summed E-state index contributed by atoms with van der Waals surface area (Å²) in [5.41, 5.74) is 0.910. The molecular weight excluding hydrogens is 292 g/mol. The number of nitrogens with zero attached hydrogens (tertiary/aromatic N) is 3. The lowest BCUT2D eigenvalue weighted by molar-refractivity contribution is 0.431. The van der Waals surface area contributed by atoms with Crippen molar-refractivity contribution >= 4 is 39.3 Å². The van der Waals surface area contributed by atoms with E-state index in [1.807, 2.05) is 20.9 Å². The number of aryl methyl sites for hydroxylation is 3. The summed E-state index contributed by atoms with van der Waals surface area (Å²) in [6, 6.07) is 2.10. The summed E-state index contributed by atoms with van der Waals surface area (Å²) in [4.78, 5) is 15.6. The monoisotopic (exact) mass is 306 g/mol. The molecule has 0 aromatic carbocycles. The van der Waals surface area contributed by atoms with Gasteiger partial charge in [-0.2, -0.15) is 0 Å². The zero-order valence-electron chi connectivity index (χ0n) is 11.6. The third kappa shape index (κ3) is 2.38. The summed E-state index contributed by atoms with van der Waals surface area (Å²) in [6.45, 7) is 5.92. The normalized spacial score (nSPS) is 11.2. The zero-order valence-corrected chi connectivity index (χ0v) is 13.3. The van der Waals surface area contributed by atoms with Crippen LogP contribution in [0.3, 0.4) is 0 Å². The highest BCUT2D eigenvalue weighted by Crippen LogP contribution is 2.35. The van der Waals surface area contributed by atoms with Crippen molar-refractivity contribution < 1.29 is 4.42 Å². The summed E-state index contributed by atoms with van der Waals surface area (Å²) >= 11 is 3.09. The predicted octanol–water partition coefficient (Wildman–Crippen LogP) is 3.80. The zero-order chi connectivity index (χ0) is 14.3. The molecule has 0 aliphatic rings. The molecule has 3 aromatic heterocycles. The number of rotatable bonds is 3. The molecular formula is C13H14N4OS2. The lowest BCUT2D eigenvalue weighted by atomic mass is 10.4. The smallest absolute Gasteiger partial charge is 0.262 e. The van der Waals surface area contributed by atoms with Crippen molar-refractivity contribution in [3.05, 3.63) is 22.4 Å². The Morgan fingerprint density at radius 2 is 2.00 bits per heavy atom. The Balaban J connectivity index is 2.09. The third-order valence-electron chi connectivity index (χ3n) is 2.90. The van der Waals surface area contributed by atoms with E-state index in [2.05, 4.69) is 33.3 Å². The van der Waals surface area contributed by atoms with Gasteiger partial charge in [0.2, 0.25) is 5.95 Å². The van der Waals surface area contributed by atoms with Gasteiger partial charge in [0.15, 0.2) is 0 Å². The fourth-order valence-electron chi connectivity index (χ4n) is 1.78. The molecule has 20 heavy (non-hydrogen) atoms. The van der Waals surface area contributed by atoms with E-state index in [0.717, 1.165) is 26.7 Å². The quantitative estimate of drug-likeness (QED) is 0.743. The second-order valence-electron chi connectivity index (χ2n) is 4.40. The molecule has 7 heteroatoms. The van der Waals surface area contributed by atoms with Crippen molar-refractivity contribution in [2.45, 2.75) is 31.0 Å². The van der Waals surface area contributed by atoms with Gasteiger partial charge in [-0.1, -0.05) is 0 Å². The number of anilines is 1. The molecule has 0 saturated heterocycles. The number of hydrogen-bond acceptors (Lipinski definition) is 7. The van der Waals surface area contributed by atoms with Crippen LogP contribution in [-0.4, -0.2) is 22.0 Å². The van der Waals surface area contributed by atoms with E-state index in [4.69, 9.17) is 4.42 Å². The molecule has 0 amide bonds. The number of aromatic nitrogens is 3. The van der Waals surface area contributed by atoms with Crippen LogP contribution < -0.4 is 5.32 Å². The van der Waals surface area contributed by atoms with Crippen LogP contribution >= 0.6 is 23.1 Å². The van der Waals surface area contributed by atoms with Crippen LogP contribution in [-0.2, 0) is 0 Å². The van der Waals surface area contributed by atoms with Gasteiger partial charge in [-0.15, -0.1) is 11.3 Å². The molecule has 0 fully saturated rings. The van der Waals surface area contributed by atoms with Crippen molar-refractivity contribution in [3.8, 4) is 0 Å². The number of thiophene rings is 1. The van der Waals surface area contributed by atoms with Crippen molar-refractivity contribution in [2.75, 3.05) is 12.4 Å². The molecule has 0 aliphatic carbocycles. The molecule has 3 heterocycles. The second kappa shape index (κ2) is 5.06. The molecule has 0 atom stereocenters. The van der Waals surface area contributed by atoms with Crippen molar-refractivity contribution in [1.82, 2.24) is 15.0 Å². The van der Waals surface area contributed by atoms with Crippen LogP contribution in [0.4, 0.5) is 5.95 Å². The summed E-state index contributed by atoms with van der Waals surface area (Å²) in [6.07, 6.45) is 0. The molecule has 5 nitrogen and oxygen atoms in total. The van der Waals surface area contributed by atoms with Crippen molar-refractivity contribution in [1.29, 1.82) is 0 Å². The Bertz CT molecular complexity index is 759. The average molecular weight is 306 g/mol. The Labute approximate surface area is 124 Å². The van der Waals surface area contributed by atoms with Gasteiger partial charge in [0.1, 0.15) is 15.6 Å². The Morgan fingerprint density at radius 1 is 1.20 bits per heavy atom. The maximum Gasteiger partial charge on any atom is 0.262 e. The summed E-state index contributed by atoms with van der Waals surface area (Å²) in [5, 5.41) is 5.52. The van der Waals surface area contributed by atoms with Crippen LogP contribution in [0.2, 0.25) is 0 Å². The Morgan fingerprint density at radius 3 is 2.65 bits per heavy atom. The second-order valence-corrected chi connectivity index (χ2v) is 6.58. The van der Waals surface area contributed by atoms with Crippen LogP contribution in [0.5, 0.6) is 0 Å². The summed E-state index contributed by atoms with van der Waals surface area (Å²) in [5.74, 6) is 1.45. The van der Waals surface area contributed by atoms with Gasteiger partial charge in [0.25, 0.3) is 5.22 Å². The first-order chi connectivity index (χ1) is 9.56. The van der Waals surface area contributed by atoms with Crippen LogP contribution in [0.15, 0.2) is 20.7 Å². The van der Waals surface area contributed by atoms with E-state index in [9.17, 15) is 0 Å². The molecule has 0 spiro atoms. The highest BCUT2D eigenvalue weighted by Gasteiger charge is 2.15. The van der Waals surface area contributed by atoms with Gasteiger partial charge >= 0.3 is 0 Å². The number of fused-ring (bicyclic) bond motifs is 1. The molecule has 104 valence electrons. The van der Waals surface area contributed by atoms with Crippen LogP contribution in [0, 0.1) is 20.8 Å². The standard InChI is InChI=1S/C13H14N4OS2/c1-6-5-9-10(19-6)16-12(14-4)17-11(9)20-13-15-7(2)8(3)18-13/h5H,1-4H3,(H,14,16,17). The largest absolute Gasteiger partial charge is 0.436 e. The van der Waals surface area contributed by atoms with E-state index in [1.165, 1.54) is 16.6 Å². The predicted molar refractivity (Wildman–Crippen MR) is 81.8 cm³/mol. The van der Waals surface area contributed by atoms with E-state index >= 15 is 0 Å². The topological polar surface area (TPSA) is 63.8 Å². The maximum absolute atomic E-state index is 5.62. The Hall–Kier alpha value is -1.60. The van der Waals surface area contributed by atoms with E-state index in [0.29, 0.717) is 11.2 Å². The molecule has 0 bridgehead atoms. The van der Waals surface area contributed by atoms with E-state index in [1.54, 1.807) is 11.3 Å². The molecule has 3 aromatic rings. The number of oxazole rings is 1. The maximum atomic E-state index is 5.62. The van der Waals surface area contributed by atoms with Gasteiger partial charge in [-0.3, -0.25) is 0 Å². The minimum Gasteiger partial charge on any atom is -0.436 e. The molecule has 3 rings (SSSR count). The summed E-state index contributed by atoms with van der Waals surface area (Å²) < 4.78 is 5.62. The first-order valence-electron chi connectivity index (χ1n) is 6.14. The Kier molecular flexibility index (Phi) is 3.39. The average Bonchev–Trinajstić information content (AvgIpc) is 2.92. The highest BCUT2D eigenvalue weighted by atomic mass is 32.2. The van der Waals surface area contributed by atoms with Gasteiger partial charge < -0.3 is 9.73 Å². The minimum atomic E-state index is 0.613. The number of hydrogen-bond donors (Lipinski definition) is 1. The van der Waals surface area contributed by atoms with Crippen molar-refractivity contribution in [2.24, 2.45) is 0 Å². The van der Waals surface area contributed by atoms with Gasteiger partial charge in [-0.05, 0) is 38.6 Å². The fourth-order valence-corrected chi connectivity index (χ4v) is 3.63.